The van der Waals surface area contributed by atoms with Crippen LogP contribution in [0, 0.1) is 30.5 Å². The molecule has 2 N–H and O–H groups in total. The number of hydrogen-bond acceptors (Lipinski definition) is 8. The van der Waals surface area contributed by atoms with Gasteiger partial charge < -0.3 is 20.1 Å². The molecule has 3 saturated heterocycles. The van der Waals surface area contributed by atoms with Crippen LogP contribution in [0.4, 0.5) is 14.6 Å². The van der Waals surface area contributed by atoms with Crippen LogP contribution in [-0.4, -0.2) is 82.5 Å². The number of aromatic nitrogens is 3. The Kier molecular flexibility index (Phi) is 8.39. The minimum atomic E-state index is -0.746. The second kappa shape index (κ2) is 12.5. The number of benzene rings is 2. The number of likely N-dealkylation sites (tertiary alicyclic amines) is 1. The van der Waals surface area contributed by atoms with Crippen molar-refractivity contribution in [2.75, 3.05) is 44.2 Å². The van der Waals surface area contributed by atoms with Crippen LogP contribution in [0.25, 0.3) is 32.9 Å². The number of nitrogens with zero attached hydrogens (tertiary/aromatic N) is 5. The van der Waals surface area contributed by atoms with Crippen molar-refractivity contribution in [1.82, 2.24) is 25.2 Å². The predicted octanol–water partition coefficient (Wildman–Crippen LogP) is 6.15. The van der Waals surface area contributed by atoms with Crippen LogP contribution in [0.15, 0.2) is 30.5 Å². The lowest BCUT2D eigenvalue weighted by atomic mass is 9.92. The van der Waals surface area contributed by atoms with Crippen LogP contribution >= 0.6 is 0 Å². The zero-order chi connectivity index (χ0) is 32.9. The van der Waals surface area contributed by atoms with Gasteiger partial charge in [0, 0.05) is 67.4 Å². The lowest BCUT2D eigenvalue weighted by Gasteiger charge is -2.34. The minimum Gasteiger partial charge on any atom is -0.508 e. The Balaban J connectivity index is 0.00000172. The summed E-state index contributed by atoms with van der Waals surface area (Å²) < 4.78 is 35.1. The Morgan fingerprint density at radius 2 is 1.83 bits per heavy atom. The van der Waals surface area contributed by atoms with Gasteiger partial charge in [0.1, 0.15) is 28.8 Å². The molecule has 4 aromatic rings. The molecule has 3 aliphatic heterocycles. The van der Waals surface area contributed by atoms with Gasteiger partial charge in [0.2, 0.25) is 0 Å². The third-order valence-corrected chi connectivity index (χ3v) is 10.2. The fraction of sp³-hybridized carbons (Fsp3) is 0.486. The summed E-state index contributed by atoms with van der Waals surface area (Å²) in [4.78, 5) is 19.3. The number of phenols is 1. The molecular weight excluding hydrogens is 598 g/mol. The molecule has 2 bridgehead atoms. The van der Waals surface area contributed by atoms with Gasteiger partial charge in [-0.05, 0) is 73.7 Å². The standard InChI is InChI=1S/C35H36F2N6O2.C2H6/c1-3-26-29(37)7-4-21-12-25(44)13-27(30(21)26)28-14-38-32-31(20(28)2)40-34(41-33(32)43-16-23-5-6-24(17-43)39-23)45-19-35(9-10-35)18-42-11-8-22(36)15-42;1-2/h1,4,7,12-14,22-24,39,44H,5-6,8-11,15-19H2,2H3;1-2H3. The Morgan fingerprint density at radius 3 is 2.51 bits per heavy atom. The number of terminal acetylenes is 1. The number of hydrogen-bond donors (Lipinski definition) is 2. The minimum absolute atomic E-state index is 0.0119. The van der Waals surface area contributed by atoms with Gasteiger partial charge in [-0.2, -0.15) is 9.97 Å². The lowest BCUT2D eigenvalue weighted by molar-refractivity contribution is 0.165. The molecule has 2 aromatic heterocycles. The Bertz CT molecular complexity index is 1860. The fourth-order valence-corrected chi connectivity index (χ4v) is 7.61. The maximum absolute atomic E-state index is 14.9. The summed E-state index contributed by atoms with van der Waals surface area (Å²) in [5.41, 5.74) is 3.51. The number of pyridine rings is 1. The van der Waals surface area contributed by atoms with Gasteiger partial charge in [-0.15, -0.1) is 6.42 Å². The molecule has 4 aliphatic rings. The van der Waals surface area contributed by atoms with Crippen molar-refractivity contribution < 1.29 is 18.6 Å². The maximum Gasteiger partial charge on any atom is 0.319 e. The van der Waals surface area contributed by atoms with Crippen molar-refractivity contribution in [3.63, 3.8) is 0 Å². The average Bonchev–Trinajstić information content (AvgIpc) is 3.59. The van der Waals surface area contributed by atoms with E-state index in [1.54, 1.807) is 24.4 Å². The molecule has 8 nitrogen and oxygen atoms in total. The smallest absolute Gasteiger partial charge is 0.319 e. The molecule has 8 rings (SSSR count). The van der Waals surface area contributed by atoms with Crippen molar-refractivity contribution in [3.05, 3.63) is 47.4 Å². The maximum atomic E-state index is 14.9. The molecule has 2 aromatic carbocycles. The van der Waals surface area contributed by atoms with E-state index in [-0.39, 0.29) is 22.7 Å². The van der Waals surface area contributed by atoms with E-state index in [4.69, 9.17) is 26.1 Å². The number of piperazine rings is 1. The molecule has 0 radical (unpaired) electrons. The van der Waals surface area contributed by atoms with E-state index < -0.39 is 12.0 Å². The number of fused-ring (bicyclic) bond motifs is 4. The molecule has 0 amide bonds. The first-order valence-corrected chi connectivity index (χ1v) is 16.9. The molecule has 3 unspecified atom stereocenters. The van der Waals surface area contributed by atoms with Gasteiger partial charge >= 0.3 is 6.01 Å². The monoisotopic (exact) mass is 640 g/mol. The molecule has 47 heavy (non-hydrogen) atoms. The number of aryl methyl sites for hydroxylation is 1. The summed E-state index contributed by atoms with van der Waals surface area (Å²) >= 11 is 0. The van der Waals surface area contributed by atoms with E-state index in [0.29, 0.717) is 64.6 Å². The summed E-state index contributed by atoms with van der Waals surface area (Å²) in [7, 11) is 0. The van der Waals surface area contributed by atoms with Crippen LogP contribution in [0.5, 0.6) is 11.8 Å². The number of anilines is 1. The van der Waals surface area contributed by atoms with Gasteiger partial charge in [0.05, 0.1) is 12.2 Å². The SMILES string of the molecule is C#Cc1c(F)ccc2cc(O)cc(-c3cnc4c(N5CC6CCC(C5)N6)nc(OCC5(CN6CCC(F)C6)CC5)nc4c3C)c12.CC. The molecule has 3 atom stereocenters. The highest BCUT2D eigenvalue weighted by Crippen LogP contribution is 2.47. The van der Waals surface area contributed by atoms with Gasteiger partial charge in [0.15, 0.2) is 5.82 Å². The largest absolute Gasteiger partial charge is 0.508 e. The highest BCUT2D eigenvalue weighted by atomic mass is 19.1. The quantitative estimate of drug-likeness (QED) is 0.233. The molecule has 0 spiro atoms. The van der Waals surface area contributed by atoms with Crippen molar-refractivity contribution in [3.8, 4) is 35.2 Å². The highest BCUT2D eigenvalue weighted by Gasteiger charge is 2.46. The zero-order valence-electron chi connectivity index (χ0n) is 27.3. The number of phenolic OH excluding ortho intramolecular Hbond substituents is 1. The summed E-state index contributed by atoms with van der Waals surface area (Å²) in [6.45, 7) is 10.1. The Hall–Kier alpha value is -4.07. The van der Waals surface area contributed by atoms with E-state index in [9.17, 15) is 13.9 Å². The van der Waals surface area contributed by atoms with E-state index >= 15 is 0 Å². The molecule has 4 fully saturated rings. The second-order valence-corrected chi connectivity index (χ2v) is 13.4. The summed E-state index contributed by atoms with van der Waals surface area (Å²) in [5.74, 6) is 2.79. The topological polar surface area (TPSA) is 86.6 Å². The Morgan fingerprint density at radius 1 is 1.06 bits per heavy atom. The summed E-state index contributed by atoms with van der Waals surface area (Å²) in [5, 5.41) is 15.5. The third kappa shape index (κ3) is 5.96. The van der Waals surface area contributed by atoms with Crippen molar-refractivity contribution >= 4 is 27.6 Å². The molecule has 10 heteroatoms. The van der Waals surface area contributed by atoms with Crippen LogP contribution in [0.3, 0.4) is 0 Å². The normalized spacial score (nSPS) is 23.1. The van der Waals surface area contributed by atoms with Crippen LogP contribution in [0.2, 0.25) is 0 Å². The Labute approximate surface area is 274 Å². The molecule has 246 valence electrons. The van der Waals surface area contributed by atoms with E-state index in [0.717, 1.165) is 63.2 Å². The van der Waals surface area contributed by atoms with E-state index in [2.05, 4.69) is 21.0 Å². The summed E-state index contributed by atoms with van der Waals surface area (Å²) in [6.07, 6.45) is 11.7. The number of nitrogens with one attached hydrogen (secondary N) is 1. The van der Waals surface area contributed by atoms with Crippen molar-refractivity contribution in [1.29, 1.82) is 0 Å². The number of ether oxygens (including phenoxy) is 1. The lowest BCUT2D eigenvalue weighted by Crippen LogP contribution is -2.51. The first-order valence-electron chi connectivity index (χ1n) is 16.9. The predicted molar refractivity (Wildman–Crippen MR) is 181 cm³/mol. The number of alkyl halides is 1. The van der Waals surface area contributed by atoms with Crippen molar-refractivity contribution in [2.24, 2.45) is 5.41 Å². The van der Waals surface area contributed by atoms with Crippen LogP contribution < -0.4 is 15.0 Å². The van der Waals surface area contributed by atoms with Gasteiger partial charge in [0.25, 0.3) is 0 Å². The summed E-state index contributed by atoms with van der Waals surface area (Å²) in [6, 6.07) is 7.20. The van der Waals surface area contributed by atoms with Crippen LogP contribution in [0.1, 0.15) is 57.1 Å². The fourth-order valence-electron chi connectivity index (χ4n) is 7.61. The van der Waals surface area contributed by atoms with E-state index in [1.165, 1.54) is 6.07 Å². The molecular formula is C37H42F2N6O2. The molecule has 1 saturated carbocycles. The highest BCUT2D eigenvalue weighted by molar-refractivity contribution is 6.04. The third-order valence-electron chi connectivity index (χ3n) is 10.2. The van der Waals surface area contributed by atoms with Gasteiger partial charge in [-0.3, -0.25) is 9.88 Å². The second-order valence-electron chi connectivity index (χ2n) is 13.4. The molecule has 5 heterocycles. The first-order chi connectivity index (χ1) is 22.8. The van der Waals surface area contributed by atoms with E-state index in [1.807, 2.05) is 20.8 Å². The first kappa shape index (κ1) is 31.5. The number of aromatic hydroxyl groups is 1. The van der Waals surface area contributed by atoms with Crippen LogP contribution in [-0.2, 0) is 0 Å². The number of rotatable bonds is 7. The average molecular weight is 641 g/mol. The zero-order valence-corrected chi connectivity index (χ0v) is 27.3. The van der Waals surface area contributed by atoms with Crippen molar-refractivity contribution in [2.45, 2.75) is 71.1 Å². The molecule has 1 aliphatic carbocycles. The van der Waals surface area contributed by atoms with Gasteiger partial charge in [-0.25, -0.2) is 8.78 Å². The van der Waals surface area contributed by atoms with Gasteiger partial charge in [-0.1, -0.05) is 25.8 Å². The number of halogens is 2.